The van der Waals surface area contributed by atoms with Crippen LogP contribution in [0, 0.1) is 0 Å². The normalized spacial score (nSPS) is 21.6. The molecule has 0 amide bonds. The molecular formula is C16H22ClNO2. The summed E-state index contributed by atoms with van der Waals surface area (Å²) in [5.74, 6) is 1.52. The molecule has 0 aromatic heterocycles. The van der Waals surface area contributed by atoms with E-state index in [1.54, 1.807) is 7.11 Å². The van der Waals surface area contributed by atoms with E-state index in [1.165, 1.54) is 6.42 Å². The Hall–Kier alpha value is -0.930. The van der Waals surface area contributed by atoms with E-state index < -0.39 is 0 Å². The zero-order chi connectivity index (χ0) is 14.2. The van der Waals surface area contributed by atoms with Gasteiger partial charge in [0.25, 0.3) is 0 Å². The second-order valence-corrected chi connectivity index (χ2v) is 6.46. The lowest BCUT2D eigenvalue weighted by atomic mass is 9.88. The fourth-order valence-corrected chi connectivity index (χ4v) is 3.35. The number of hydrogen-bond acceptors (Lipinski definition) is 3. The van der Waals surface area contributed by atoms with Crippen LogP contribution in [0.4, 0.5) is 0 Å². The van der Waals surface area contributed by atoms with E-state index in [0.717, 1.165) is 49.8 Å². The van der Waals surface area contributed by atoms with Crippen LogP contribution in [-0.2, 0) is 5.54 Å². The van der Waals surface area contributed by atoms with E-state index in [1.807, 2.05) is 12.1 Å². The quantitative estimate of drug-likeness (QED) is 0.913. The van der Waals surface area contributed by atoms with Gasteiger partial charge >= 0.3 is 0 Å². The van der Waals surface area contributed by atoms with Gasteiger partial charge in [0, 0.05) is 22.2 Å². The Morgan fingerprint density at radius 1 is 1.20 bits per heavy atom. The largest absolute Gasteiger partial charge is 0.493 e. The molecule has 0 radical (unpaired) electrons. The third-order valence-corrected chi connectivity index (χ3v) is 4.83. The summed E-state index contributed by atoms with van der Waals surface area (Å²) in [6.07, 6.45) is 8.06. The molecule has 2 N–H and O–H groups in total. The molecular weight excluding hydrogens is 274 g/mol. The number of rotatable bonds is 4. The first-order chi connectivity index (χ1) is 9.62. The molecule has 2 aliphatic carbocycles. The molecule has 0 bridgehead atoms. The fraction of sp³-hybridized carbons (Fsp3) is 0.625. The Morgan fingerprint density at radius 2 is 1.90 bits per heavy atom. The molecule has 0 atom stereocenters. The maximum atomic E-state index is 6.61. The molecule has 2 saturated carbocycles. The molecule has 0 saturated heterocycles. The minimum Gasteiger partial charge on any atom is -0.493 e. The minimum absolute atomic E-state index is 0.300. The molecule has 1 aromatic carbocycles. The van der Waals surface area contributed by atoms with Crippen LogP contribution in [0.15, 0.2) is 12.1 Å². The lowest BCUT2D eigenvalue weighted by Gasteiger charge is -2.32. The van der Waals surface area contributed by atoms with E-state index in [0.29, 0.717) is 16.9 Å². The van der Waals surface area contributed by atoms with E-state index in [-0.39, 0.29) is 5.54 Å². The molecule has 2 aliphatic rings. The summed E-state index contributed by atoms with van der Waals surface area (Å²) in [7, 11) is 1.65. The van der Waals surface area contributed by atoms with Gasteiger partial charge in [-0.15, -0.1) is 0 Å². The lowest BCUT2D eigenvalue weighted by molar-refractivity contribution is 0.112. The molecule has 3 nitrogen and oxygen atoms in total. The lowest BCUT2D eigenvalue weighted by Crippen LogP contribution is -2.35. The van der Waals surface area contributed by atoms with Crippen molar-refractivity contribution in [1.29, 1.82) is 0 Å². The molecule has 0 aliphatic heterocycles. The highest BCUT2D eigenvalue weighted by Gasteiger charge is 2.36. The first kappa shape index (κ1) is 14.0. The van der Waals surface area contributed by atoms with Crippen molar-refractivity contribution in [2.45, 2.75) is 56.6 Å². The minimum atomic E-state index is -0.322. The van der Waals surface area contributed by atoms with Crippen LogP contribution in [0.2, 0.25) is 5.02 Å². The van der Waals surface area contributed by atoms with Crippen molar-refractivity contribution >= 4 is 11.6 Å². The second kappa shape index (κ2) is 5.45. The van der Waals surface area contributed by atoms with Crippen LogP contribution >= 0.6 is 11.6 Å². The zero-order valence-corrected chi connectivity index (χ0v) is 12.7. The van der Waals surface area contributed by atoms with Gasteiger partial charge in [0.2, 0.25) is 0 Å². The Labute approximate surface area is 125 Å². The van der Waals surface area contributed by atoms with Gasteiger partial charge in [-0.3, -0.25) is 0 Å². The van der Waals surface area contributed by atoms with Crippen molar-refractivity contribution in [1.82, 2.24) is 0 Å². The van der Waals surface area contributed by atoms with Crippen molar-refractivity contribution < 1.29 is 9.47 Å². The van der Waals surface area contributed by atoms with Crippen molar-refractivity contribution in [2.75, 3.05) is 7.11 Å². The van der Waals surface area contributed by atoms with Gasteiger partial charge in [-0.1, -0.05) is 24.4 Å². The predicted octanol–water partition coefficient (Wildman–Crippen LogP) is 4.01. The van der Waals surface area contributed by atoms with Gasteiger partial charge in [0.1, 0.15) is 0 Å². The molecule has 0 unspecified atom stereocenters. The molecule has 110 valence electrons. The number of hydrogen-bond donors (Lipinski definition) is 1. The van der Waals surface area contributed by atoms with Crippen LogP contribution in [0.1, 0.15) is 50.5 Å². The van der Waals surface area contributed by atoms with Crippen molar-refractivity contribution in [3.8, 4) is 11.5 Å². The smallest absolute Gasteiger partial charge is 0.166 e. The number of methoxy groups -OCH3 is 1. The number of ether oxygens (including phenoxy) is 2. The third-order valence-electron chi connectivity index (χ3n) is 4.61. The van der Waals surface area contributed by atoms with Crippen molar-refractivity contribution in [3.05, 3.63) is 22.7 Å². The van der Waals surface area contributed by atoms with Crippen LogP contribution < -0.4 is 15.2 Å². The Morgan fingerprint density at radius 3 is 2.45 bits per heavy atom. The van der Waals surface area contributed by atoms with Crippen molar-refractivity contribution in [3.63, 3.8) is 0 Å². The van der Waals surface area contributed by atoms with Crippen LogP contribution in [0.5, 0.6) is 11.5 Å². The van der Waals surface area contributed by atoms with Gasteiger partial charge in [0.15, 0.2) is 11.5 Å². The summed E-state index contributed by atoms with van der Waals surface area (Å²) in [4.78, 5) is 0. The van der Waals surface area contributed by atoms with Gasteiger partial charge in [-0.05, 0) is 38.2 Å². The zero-order valence-electron chi connectivity index (χ0n) is 12.0. The van der Waals surface area contributed by atoms with Gasteiger partial charge in [-0.2, -0.15) is 0 Å². The summed E-state index contributed by atoms with van der Waals surface area (Å²) < 4.78 is 11.6. The summed E-state index contributed by atoms with van der Waals surface area (Å²) >= 11 is 6.23. The van der Waals surface area contributed by atoms with Crippen LogP contribution in [-0.4, -0.2) is 13.2 Å². The molecule has 0 spiro atoms. The monoisotopic (exact) mass is 295 g/mol. The molecule has 1 aromatic rings. The standard InChI is InChI=1S/C16H22ClNO2/c1-19-14-10-11(17)9-13(16(18)7-2-3-8-16)15(14)20-12-5-4-6-12/h9-10,12H,2-8,18H2,1H3. The average molecular weight is 296 g/mol. The summed E-state index contributed by atoms with van der Waals surface area (Å²) in [5.41, 5.74) is 7.31. The second-order valence-electron chi connectivity index (χ2n) is 6.02. The average Bonchev–Trinajstić information content (AvgIpc) is 2.82. The Kier molecular flexibility index (Phi) is 3.83. The summed E-state index contributed by atoms with van der Waals surface area (Å²) in [5, 5.41) is 0.662. The first-order valence-electron chi connectivity index (χ1n) is 7.46. The summed E-state index contributed by atoms with van der Waals surface area (Å²) in [6.45, 7) is 0. The highest BCUT2D eigenvalue weighted by atomic mass is 35.5. The predicted molar refractivity (Wildman–Crippen MR) is 80.6 cm³/mol. The van der Waals surface area contributed by atoms with E-state index in [2.05, 4.69) is 0 Å². The van der Waals surface area contributed by atoms with Crippen LogP contribution in [0.3, 0.4) is 0 Å². The van der Waals surface area contributed by atoms with Crippen LogP contribution in [0.25, 0.3) is 0 Å². The maximum absolute atomic E-state index is 6.61. The SMILES string of the molecule is COc1cc(Cl)cc(C2(N)CCCC2)c1OC1CCC1. The number of benzene rings is 1. The first-order valence-corrected chi connectivity index (χ1v) is 7.84. The molecule has 3 rings (SSSR count). The highest BCUT2D eigenvalue weighted by Crippen LogP contribution is 2.46. The summed E-state index contributed by atoms with van der Waals surface area (Å²) in [6, 6.07) is 3.78. The van der Waals surface area contributed by atoms with Gasteiger partial charge in [0.05, 0.1) is 13.2 Å². The number of nitrogens with two attached hydrogens (primary N) is 1. The number of halogens is 1. The topological polar surface area (TPSA) is 44.5 Å². The molecule has 20 heavy (non-hydrogen) atoms. The third kappa shape index (κ3) is 2.49. The van der Waals surface area contributed by atoms with E-state index >= 15 is 0 Å². The van der Waals surface area contributed by atoms with Gasteiger partial charge in [-0.25, -0.2) is 0 Å². The highest BCUT2D eigenvalue weighted by molar-refractivity contribution is 6.30. The molecule has 0 heterocycles. The molecule has 2 fully saturated rings. The maximum Gasteiger partial charge on any atom is 0.166 e. The Balaban J connectivity index is 2.02. The van der Waals surface area contributed by atoms with E-state index in [9.17, 15) is 0 Å². The van der Waals surface area contributed by atoms with E-state index in [4.69, 9.17) is 26.8 Å². The molecule has 4 heteroatoms. The Bertz CT molecular complexity index is 493. The van der Waals surface area contributed by atoms with Crippen molar-refractivity contribution in [2.24, 2.45) is 5.73 Å². The fourth-order valence-electron chi connectivity index (χ4n) is 3.14. The van der Waals surface area contributed by atoms with Gasteiger partial charge < -0.3 is 15.2 Å².